The Hall–Kier alpha value is -1.35. The highest BCUT2D eigenvalue weighted by Gasteiger charge is 2.32. The Labute approximate surface area is 111 Å². The van der Waals surface area contributed by atoms with Crippen LogP contribution in [0, 0.1) is 5.92 Å². The highest BCUT2D eigenvalue weighted by atomic mass is 35.5. The molecule has 0 amide bonds. The Morgan fingerprint density at radius 3 is 2.56 bits per heavy atom. The van der Waals surface area contributed by atoms with E-state index in [1.807, 2.05) is 0 Å². The van der Waals surface area contributed by atoms with Gasteiger partial charge in [0.2, 0.25) is 0 Å². The molecule has 0 N–H and O–H groups in total. The van der Waals surface area contributed by atoms with Gasteiger partial charge in [-0.2, -0.15) is 0 Å². The number of carbonyl (C=O) groups excluding carboxylic acids is 2. The van der Waals surface area contributed by atoms with Crippen LogP contribution in [0.5, 0.6) is 0 Å². The SMILES string of the molecule is O=COC1CCCCC1C(=O)c1ccc(Cl)cc1. The smallest absolute Gasteiger partial charge is 0.293 e. The largest absolute Gasteiger partial charge is 0.464 e. The minimum Gasteiger partial charge on any atom is -0.464 e. The van der Waals surface area contributed by atoms with Gasteiger partial charge in [-0.15, -0.1) is 0 Å². The number of benzene rings is 1. The topological polar surface area (TPSA) is 43.4 Å². The third-order valence-corrected chi connectivity index (χ3v) is 3.65. The van der Waals surface area contributed by atoms with Gasteiger partial charge in [0.25, 0.3) is 6.47 Å². The molecule has 3 nitrogen and oxygen atoms in total. The summed E-state index contributed by atoms with van der Waals surface area (Å²) in [6, 6.07) is 6.84. The molecule has 2 rings (SSSR count). The average molecular weight is 267 g/mol. The van der Waals surface area contributed by atoms with Gasteiger partial charge >= 0.3 is 0 Å². The molecule has 0 aliphatic heterocycles. The van der Waals surface area contributed by atoms with E-state index in [2.05, 4.69) is 0 Å². The summed E-state index contributed by atoms with van der Waals surface area (Å²) in [5, 5.41) is 0.607. The first-order chi connectivity index (χ1) is 8.72. The molecule has 0 aromatic heterocycles. The van der Waals surface area contributed by atoms with Gasteiger partial charge in [-0.25, -0.2) is 0 Å². The number of hydrogen-bond acceptors (Lipinski definition) is 3. The Bertz CT molecular complexity index is 427. The molecular formula is C14H15ClO3. The fraction of sp³-hybridized carbons (Fsp3) is 0.429. The highest BCUT2D eigenvalue weighted by molar-refractivity contribution is 6.30. The van der Waals surface area contributed by atoms with E-state index in [4.69, 9.17) is 16.3 Å². The maximum Gasteiger partial charge on any atom is 0.293 e. The maximum absolute atomic E-state index is 12.4. The molecule has 0 radical (unpaired) electrons. The predicted octanol–water partition coefficient (Wildman–Crippen LogP) is 3.25. The predicted molar refractivity (Wildman–Crippen MR) is 68.7 cm³/mol. The van der Waals surface area contributed by atoms with Gasteiger partial charge in [0, 0.05) is 10.6 Å². The number of ketones is 1. The molecule has 2 unspecified atom stereocenters. The third kappa shape index (κ3) is 2.91. The standard InChI is InChI=1S/C14H15ClO3/c15-11-7-5-10(6-8-11)14(17)12-3-1-2-4-13(12)18-9-16/h5-9,12-13H,1-4H2. The summed E-state index contributed by atoms with van der Waals surface area (Å²) in [7, 11) is 0. The first-order valence-corrected chi connectivity index (χ1v) is 6.49. The van der Waals surface area contributed by atoms with Crippen molar-refractivity contribution < 1.29 is 14.3 Å². The Balaban J connectivity index is 2.15. The molecule has 18 heavy (non-hydrogen) atoms. The van der Waals surface area contributed by atoms with Crippen molar-refractivity contribution in [3.05, 3.63) is 34.9 Å². The van der Waals surface area contributed by atoms with Crippen LogP contribution in [0.15, 0.2) is 24.3 Å². The van der Waals surface area contributed by atoms with Crippen LogP contribution in [-0.2, 0) is 9.53 Å². The highest BCUT2D eigenvalue weighted by Crippen LogP contribution is 2.29. The summed E-state index contributed by atoms with van der Waals surface area (Å²) in [5.74, 6) is -0.177. The summed E-state index contributed by atoms with van der Waals surface area (Å²) in [5.41, 5.74) is 0.630. The second kappa shape index (κ2) is 6.01. The van der Waals surface area contributed by atoms with E-state index >= 15 is 0 Å². The molecule has 1 aromatic carbocycles. The van der Waals surface area contributed by atoms with E-state index in [1.54, 1.807) is 24.3 Å². The van der Waals surface area contributed by atoms with Crippen molar-refractivity contribution in [1.82, 2.24) is 0 Å². The molecule has 0 spiro atoms. The van der Waals surface area contributed by atoms with E-state index in [1.165, 1.54) is 0 Å². The van der Waals surface area contributed by atoms with E-state index < -0.39 is 0 Å². The molecular weight excluding hydrogens is 252 g/mol. The van der Waals surface area contributed by atoms with Crippen molar-refractivity contribution in [3.8, 4) is 0 Å². The number of hydrogen-bond donors (Lipinski definition) is 0. The first-order valence-electron chi connectivity index (χ1n) is 6.11. The molecule has 1 aromatic rings. The van der Waals surface area contributed by atoms with Gasteiger partial charge in [-0.05, 0) is 43.5 Å². The zero-order valence-electron chi connectivity index (χ0n) is 9.97. The van der Waals surface area contributed by atoms with Crippen LogP contribution in [0.1, 0.15) is 36.0 Å². The first kappa shape index (κ1) is 13.1. The Morgan fingerprint density at radius 2 is 1.89 bits per heavy atom. The normalized spacial score (nSPS) is 23.4. The van der Waals surface area contributed by atoms with Gasteiger partial charge in [0.15, 0.2) is 5.78 Å². The molecule has 0 heterocycles. The molecule has 0 bridgehead atoms. The maximum atomic E-state index is 12.4. The quantitative estimate of drug-likeness (QED) is 0.621. The van der Waals surface area contributed by atoms with Crippen LogP contribution in [0.4, 0.5) is 0 Å². The monoisotopic (exact) mass is 266 g/mol. The summed E-state index contributed by atoms with van der Waals surface area (Å²) < 4.78 is 5.03. The lowest BCUT2D eigenvalue weighted by Gasteiger charge is -2.28. The van der Waals surface area contributed by atoms with Crippen LogP contribution >= 0.6 is 11.6 Å². The molecule has 1 aliphatic carbocycles. The van der Waals surface area contributed by atoms with Crippen molar-refractivity contribution >= 4 is 23.9 Å². The molecule has 0 saturated heterocycles. The molecule has 1 saturated carbocycles. The zero-order valence-corrected chi connectivity index (χ0v) is 10.7. The summed E-state index contributed by atoms with van der Waals surface area (Å²) >= 11 is 5.80. The van der Waals surface area contributed by atoms with Gasteiger partial charge < -0.3 is 4.74 Å². The Morgan fingerprint density at radius 1 is 1.22 bits per heavy atom. The summed E-state index contributed by atoms with van der Waals surface area (Å²) in [6.07, 6.45) is 3.27. The number of rotatable bonds is 4. The fourth-order valence-corrected chi connectivity index (χ4v) is 2.59. The second-order valence-electron chi connectivity index (χ2n) is 4.53. The van der Waals surface area contributed by atoms with E-state index in [0.717, 1.165) is 25.7 Å². The van der Waals surface area contributed by atoms with Crippen molar-refractivity contribution in [2.24, 2.45) is 5.92 Å². The lowest BCUT2D eigenvalue weighted by atomic mass is 9.81. The van der Waals surface area contributed by atoms with Crippen LogP contribution in [0.3, 0.4) is 0 Å². The van der Waals surface area contributed by atoms with Crippen molar-refractivity contribution in [1.29, 1.82) is 0 Å². The van der Waals surface area contributed by atoms with Crippen LogP contribution in [0.25, 0.3) is 0 Å². The summed E-state index contributed by atoms with van der Waals surface area (Å²) in [6.45, 7) is 0.443. The van der Waals surface area contributed by atoms with Crippen LogP contribution in [0.2, 0.25) is 5.02 Å². The van der Waals surface area contributed by atoms with E-state index in [-0.39, 0.29) is 17.8 Å². The van der Waals surface area contributed by atoms with E-state index in [0.29, 0.717) is 17.1 Å². The Kier molecular flexibility index (Phi) is 4.37. The minimum atomic E-state index is -0.278. The van der Waals surface area contributed by atoms with E-state index in [9.17, 15) is 9.59 Å². The van der Waals surface area contributed by atoms with Crippen molar-refractivity contribution in [3.63, 3.8) is 0 Å². The number of Topliss-reactive ketones (excluding diaryl/α,β-unsaturated/α-hetero) is 1. The van der Waals surface area contributed by atoms with Crippen molar-refractivity contribution in [2.45, 2.75) is 31.8 Å². The molecule has 1 aliphatic rings. The molecule has 4 heteroatoms. The average Bonchev–Trinajstić information content (AvgIpc) is 2.40. The number of carbonyl (C=O) groups is 2. The van der Waals surface area contributed by atoms with Gasteiger partial charge in [-0.3, -0.25) is 9.59 Å². The number of ether oxygens (including phenoxy) is 1. The summed E-state index contributed by atoms with van der Waals surface area (Å²) in [4.78, 5) is 22.8. The van der Waals surface area contributed by atoms with Crippen LogP contribution < -0.4 is 0 Å². The molecule has 96 valence electrons. The fourth-order valence-electron chi connectivity index (χ4n) is 2.46. The van der Waals surface area contributed by atoms with Gasteiger partial charge in [-0.1, -0.05) is 18.0 Å². The third-order valence-electron chi connectivity index (χ3n) is 3.40. The van der Waals surface area contributed by atoms with Gasteiger partial charge in [0.05, 0.1) is 5.92 Å². The minimum absolute atomic E-state index is 0.0400. The lowest BCUT2D eigenvalue weighted by molar-refractivity contribution is -0.136. The molecule has 2 atom stereocenters. The van der Waals surface area contributed by atoms with Gasteiger partial charge in [0.1, 0.15) is 6.10 Å². The van der Waals surface area contributed by atoms with Crippen LogP contribution in [-0.4, -0.2) is 18.4 Å². The molecule has 1 fully saturated rings. The second-order valence-corrected chi connectivity index (χ2v) is 4.97. The lowest BCUT2D eigenvalue weighted by Crippen LogP contribution is -2.33. The number of halogens is 1. The van der Waals surface area contributed by atoms with Crippen molar-refractivity contribution in [2.75, 3.05) is 0 Å². The zero-order chi connectivity index (χ0) is 13.0.